The van der Waals surface area contributed by atoms with E-state index in [1.807, 2.05) is 0 Å². The highest BCUT2D eigenvalue weighted by Crippen LogP contribution is 1.84. The van der Waals surface area contributed by atoms with Crippen molar-refractivity contribution in [3.8, 4) is 0 Å². The molecule has 0 spiro atoms. The van der Waals surface area contributed by atoms with E-state index in [9.17, 15) is 0 Å². The van der Waals surface area contributed by atoms with E-state index in [0.29, 0.717) is 0 Å². The Labute approximate surface area is 60.2 Å². The van der Waals surface area contributed by atoms with Gasteiger partial charge in [-0.1, -0.05) is 0 Å². The molecule has 0 amide bonds. The minimum atomic E-state index is -0.792. The van der Waals surface area contributed by atoms with Crippen LogP contribution >= 0.6 is 0 Å². The third-order valence-electron chi connectivity index (χ3n) is 0.803. The van der Waals surface area contributed by atoms with Crippen LogP contribution in [-0.2, 0) is 9.31 Å². The molecule has 0 fully saturated rings. The Morgan fingerprint density at radius 3 is 1.80 bits per heavy atom. The van der Waals surface area contributed by atoms with Crippen LogP contribution in [0.3, 0.4) is 0 Å². The second-order valence-corrected chi connectivity index (χ2v) is 1.65. The molecule has 58 valence electrons. The number of hydrogen-bond donors (Lipinski definition) is 3. The van der Waals surface area contributed by atoms with Crippen LogP contribution in [0.25, 0.3) is 0 Å². The van der Waals surface area contributed by atoms with E-state index < -0.39 is 21.5 Å². The molecule has 0 unspecified atom stereocenters. The van der Waals surface area contributed by atoms with Crippen molar-refractivity contribution in [3.05, 3.63) is 0 Å². The van der Waals surface area contributed by atoms with Crippen LogP contribution in [0, 0.1) is 0 Å². The molecule has 0 radical (unpaired) electrons. The van der Waals surface area contributed by atoms with Gasteiger partial charge in [0.25, 0.3) is 0 Å². The van der Waals surface area contributed by atoms with Crippen LogP contribution < -0.4 is 0 Å². The van der Waals surface area contributed by atoms with Gasteiger partial charge in [0.2, 0.25) is 0 Å². The van der Waals surface area contributed by atoms with Crippen molar-refractivity contribution in [1.82, 2.24) is 0 Å². The first-order valence-electron chi connectivity index (χ1n) is 2.86. The standard InChI is InChI=1S/C3H10B2O5/c6-3(1-9-4-7)2-10-5-8/h3-8H,1-2H2. The summed E-state index contributed by atoms with van der Waals surface area (Å²) in [5, 5.41) is 25.1. The maximum atomic E-state index is 8.84. The van der Waals surface area contributed by atoms with E-state index in [1.165, 1.54) is 0 Å². The van der Waals surface area contributed by atoms with Gasteiger partial charge >= 0.3 is 15.4 Å². The Morgan fingerprint density at radius 2 is 1.50 bits per heavy atom. The molecule has 0 aliphatic heterocycles. The van der Waals surface area contributed by atoms with Gasteiger partial charge in [-0.15, -0.1) is 0 Å². The van der Waals surface area contributed by atoms with E-state index in [1.54, 1.807) is 0 Å². The third kappa shape index (κ3) is 6.06. The van der Waals surface area contributed by atoms with Crippen LogP contribution in [0.4, 0.5) is 0 Å². The monoisotopic (exact) mass is 148 g/mol. The lowest BCUT2D eigenvalue weighted by Crippen LogP contribution is -2.23. The van der Waals surface area contributed by atoms with Gasteiger partial charge in [0.05, 0.1) is 19.3 Å². The normalized spacial score (nSPS) is 10.0. The number of hydrogen-bond acceptors (Lipinski definition) is 5. The van der Waals surface area contributed by atoms with Gasteiger partial charge < -0.3 is 24.5 Å². The van der Waals surface area contributed by atoms with Crippen molar-refractivity contribution in [2.24, 2.45) is 0 Å². The molecule has 0 bridgehead atoms. The van der Waals surface area contributed by atoms with Gasteiger partial charge in [0.1, 0.15) is 0 Å². The average Bonchev–Trinajstić information content (AvgIpc) is 1.97. The topological polar surface area (TPSA) is 79.2 Å². The number of aliphatic hydroxyl groups is 1. The molecule has 0 aromatic heterocycles. The fourth-order valence-corrected chi connectivity index (χ4v) is 0.426. The third-order valence-corrected chi connectivity index (χ3v) is 0.803. The zero-order chi connectivity index (χ0) is 7.82. The van der Waals surface area contributed by atoms with Gasteiger partial charge in [-0.3, -0.25) is 0 Å². The second kappa shape index (κ2) is 7.04. The largest absolute Gasteiger partial charge is 0.435 e. The summed E-state index contributed by atoms with van der Waals surface area (Å²) in [7, 11) is -0.841. The molecule has 10 heavy (non-hydrogen) atoms. The highest BCUT2D eigenvalue weighted by atomic mass is 16.5. The smallest absolute Gasteiger partial charge is 0.430 e. The quantitative estimate of drug-likeness (QED) is 0.347. The lowest BCUT2D eigenvalue weighted by molar-refractivity contribution is 0.0552. The van der Waals surface area contributed by atoms with Crippen molar-refractivity contribution in [3.63, 3.8) is 0 Å². The summed E-state index contributed by atoms with van der Waals surface area (Å²) in [5.74, 6) is 0. The van der Waals surface area contributed by atoms with Gasteiger partial charge in [0.15, 0.2) is 0 Å². The van der Waals surface area contributed by atoms with Crippen molar-refractivity contribution < 1.29 is 24.5 Å². The first-order valence-corrected chi connectivity index (χ1v) is 2.86. The first kappa shape index (κ1) is 9.93. The lowest BCUT2D eigenvalue weighted by Gasteiger charge is -2.08. The minimum Gasteiger partial charge on any atom is -0.430 e. The fourth-order valence-electron chi connectivity index (χ4n) is 0.426. The van der Waals surface area contributed by atoms with Crippen LogP contribution in [0.2, 0.25) is 0 Å². The van der Waals surface area contributed by atoms with Crippen molar-refractivity contribution in [1.29, 1.82) is 0 Å². The summed E-state index contributed by atoms with van der Waals surface area (Å²) in [6.45, 7) is 0.0208. The fraction of sp³-hybridized carbons (Fsp3) is 1.00. The SMILES string of the molecule is OBOCC(O)COBO. The van der Waals surface area contributed by atoms with Crippen LogP contribution in [0.1, 0.15) is 0 Å². The zero-order valence-corrected chi connectivity index (χ0v) is 5.56. The number of rotatable bonds is 6. The summed E-state index contributed by atoms with van der Waals surface area (Å²) >= 11 is 0. The van der Waals surface area contributed by atoms with E-state index in [2.05, 4.69) is 9.31 Å². The summed E-state index contributed by atoms with van der Waals surface area (Å²) in [6.07, 6.45) is -0.792. The predicted molar refractivity (Wildman–Crippen MR) is 36.6 cm³/mol. The molecule has 0 aliphatic carbocycles. The summed E-state index contributed by atoms with van der Waals surface area (Å²) in [6, 6.07) is 0. The Morgan fingerprint density at radius 1 is 1.10 bits per heavy atom. The maximum absolute atomic E-state index is 8.84. The molecule has 0 rings (SSSR count). The van der Waals surface area contributed by atoms with E-state index in [0.717, 1.165) is 0 Å². The number of aliphatic hydroxyl groups excluding tert-OH is 1. The molecule has 0 atom stereocenters. The molecule has 0 aromatic carbocycles. The van der Waals surface area contributed by atoms with Gasteiger partial charge in [-0.2, -0.15) is 0 Å². The Balaban J connectivity index is 3.00. The first-order chi connectivity index (χ1) is 4.81. The Bertz CT molecular complexity index is 63.9. The predicted octanol–water partition coefficient (Wildman–Crippen LogP) is -3.10. The van der Waals surface area contributed by atoms with Crippen molar-refractivity contribution in [2.45, 2.75) is 6.10 Å². The van der Waals surface area contributed by atoms with Crippen molar-refractivity contribution >= 4 is 15.4 Å². The molecule has 3 N–H and O–H groups in total. The second-order valence-electron chi connectivity index (χ2n) is 1.65. The molecule has 0 aromatic rings. The van der Waals surface area contributed by atoms with Crippen molar-refractivity contribution in [2.75, 3.05) is 13.2 Å². The van der Waals surface area contributed by atoms with Crippen LogP contribution in [0.15, 0.2) is 0 Å². The molecule has 0 saturated carbocycles. The van der Waals surface area contributed by atoms with Gasteiger partial charge in [-0.05, 0) is 0 Å². The van der Waals surface area contributed by atoms with E-state index >= 15 is 0 Å². The maximum Gasteiger partial charge on any atom is 0.435 e. The lowest BCUT2D eigenvalue weighted by atomic mass is 10.3. The molecule has 0 aliphatic rings. The zero-order valence-electron chi connectivity index (χ0n) is 5.56. The molecular weight excluding hydrogens is 138 g/mol. The molecule has 0 heterocycles. The van der Waals surface area contributed by atoms with Gasteiger partial charge in [0, 0.05) is 0 Å². The summed E-state index contributed by atoms with van der Waals surface area (Å²) in [4.78, 5) is 0. The summed E-state index contributed by atoms with van der Waals surface area (Å²) < 4.78 is 8.87. The summed E-state index contributed by atoms with van der Waals surface area (Å²) in [5.41, 5.74) is 0. The van der Waals surface area contributed by atoms with Crippen LogP contribution in [0.5, 0.6) is 0 Å². The Hall–Kier alpha value is -0.0701. The minimum absolute atomic E-state index is 0.0104. The van der Waals surface area contributed by atoms with Crippen LogP contribution in [-0.4, -0.2) is 49.8 Å². The molecular formula is C3H10B2O5. The highest BCUT2D eigenvalue weighted by Gasteiger charge is 2.02. The van der Waals surface area contributed by atoms with E-state index in [-0.39, 0.29) is 13.2 Å². The van der Waals surface area contributed by atoms with E-state index in [4.69, 9.17) is 15.2 Å². The molecule has 0 saturated heterocycles. The molecule has 7 heteroatoms. The highest BCUT2D eigenvalue weighted by molar-refractivity contribution is 6.16. The average molecular weight is 148 g/mol. The Kier molecular flexibility index (Phi) is 6.99. The van der Waals surface area contributed by atoms with Gasteiger partial charge in [-0.25, -0.2) is 0 Å². The molecule has 5 nitrogen and oxygen atoms in total.